The fourth-order valence-electron chi connectivity index (χ4n) is 1.95. The van der Waals surface area contributed by atoms with E-state index in [4.69, 9.17) is 5.73 Å². The number of rotatable bonds is 6. The zero-order valence-electron chi connectivity index (χ0n) is 14.1. The number of carbonyl (C=O) groups excluding carboxylic acids is 1. The van der Waals surface area contributed by atoms with Gasteiger partial charge in [0.1, 0.15) is 0 Å². The van der Waals surface area contributed by atoms with Crippen LogP contribution in [0, 0.1) is 6.92 Å². The predicted octanol–water partition coefficient (Wildman–Crippen LogP) is 2.57. The van der Waals surface area contributed by atoms with Crippen LogP contribution in [0.15, 0.2) is 30.1 Å². The lowest BCUT2D eigenvalue weighted by Gasteiger charge is -2.26. The lowest BCUT2D eigenvalue weighted by molar-refractivity contribution is -0.118. The molecule has 1 rings (SSSR count). The molecule has 1 atom stereocenters. The van der Waals surface area contributed by atoms with Gasteiger partial charge in [-0.25, -0.2) is 0 Å². The van der Waals surface area contributed by atoms with Crippen LogP contribution in [-0.2, 0) is 4.79 Å². The molecule has 0 spiro atoms. The lowest BCUT2D eigenvalue weighted by Crippen LogP contribution is -2.38. The van der Waals surface area contributed by atoms with Gasteiger partial charge in [-0.3, -0.25) is 9.78 Å². The summed E-state index contributed by atoms with van der Waals surface area (Å²) in [6.45, 7) is 7.68. The van der Waals surface area contributed by atoms with E-state index in [0.29, 0.717) is 0 Å². The third-order valence-corrected chi connectivity index (χ3v) is 3.52. The van der Waals surface area contributed by atoms with Crippen LogP contribution in [0.3, 0.4) is 0 Å². The summed E-state index contributed by atoms with van der Waals surface area (Å²) < 4.78 is 0. The number of carbonyl (C=O) groups is 1. The molecule has 1 unspecified atom stereocenters. The van der Waals surface area contributed by atoms with Gasteiger partial charge in [-0.2, -0.15) is 0 Å². The van der Waals surface area contributed by atoms with Crippen molar-refractivity contribution in [1.29, 1.82) is 0 Å². The highest BCUT2D eigenvalue weighted by Gasteiger charge is 2.13. The van der Waals surface area contributed by atoms with Gasteiger partial charge in [0.05, 0.1) is 6.17 Å². The zero-order valence-corrected chi connectivity index (χ0v) is 14.1. The summed E-state index contributed by atoms with van der Waals surface area (Å²) in [5.74, 6) is -0.118. The Morgan fingerprint density at radius 2 is 2.18 bits per heavy atom. The van der Waals surface area contributed by atoms with Gasteiger partial charge in [0.15, 0.2) is 0 Å². The van der Waals surface area contributed by atoms with Crippen LogP contribution in [0.4, 0.5) is 5.69 Å². The van der Waals surface area contributed by atoms with Crippen molar-refractivity contribution in [2.45, 2.75) is 40.3 Å². The molecule has 0 aliphatic heterocycles. The van der Waals surface area contributed by atoms with E-state index < -0.39 is 0 Å². The van der Waals surface area contributed by atoms with E-state index in [2.05, 4.69) is 30.2 Å². The van der Waals surface area contributed by atoms with E-state index >= 15 is 0 Å². The topological polar surface area (TPSA) is 71.2 Å². The number of nitrogens with one attached hydrogen (secondary N) is 1. The van der Waals surface area contributed by atoms with E-state index in [1.807, 2.05) is 24.9 Å². The van der Waals surface area contributed by atoms with E-state index in [9.17, 15) is 4.79 Å². The molecule has 0 saturated carbocycles. The van der Waals surface area contributed by atoms with Gasteiger partial charge in [0.2, 0.25) is 5.91 Å². The fourth-order valence-corrected chi connectivity index (χ4v) is 1.95. The van der Waals surface area contributed by atoms with Crippen LogP contribution in [0.5, 0.6) is 0 Å². The van der Waals surface area contributed by atoms with E-state index in [1.54, 1.807) is 18.5 Å². The van der Waals surface area contributed by atoms with Crippen molar-refractivity contribution >= 4 is 17.7 Å². The summed E-state index contributed by atoms with van der Waals surface area (Å²) >= 11 is 0. The summed E-state index contributed by atoms with van der Waals surface area (Å²) in [7, 11) is 1.93. The Kier molecular flexibility index (Phi) is 6.79. The first-order chi connectivity index (χ1) is 10.4. The largest absolute Gasteiger partial charge is 0.355 e. The van der Waals surface area contributed by atoms with Gasteiger partial charge in [-0.1, -0.05) is 18.6 Å². The van der Waals surface area contributed by atoms with Crippen molar-refractivity contribution in [3.63, 3.8) is 0 Å². The highest BCUT2D eigenvalue weighted by molar-refractivity contribution is 5.74. The Morgan fingerprint density at radius 3 is 2.77 bits per heavy atom. The quantitative estimate of drug-likeness (QED) is 0.792. The first-order valence-electron chi connectivity index (χ1n) is 7.41. The minimum Gasteiger partial charge on any atom is -0.355 e. The number of likely N-dealkylation sites (N-methyl/N-ethyl adjacent to an activating group) is 1. The van der Waals surface area contributed by atoms with Crippen molar-refractivity contribution in [1.82, 2.24) is 10.3 Å². The Hall–Kier alpha value is -2.14. The summed E-state index contributed by atoms with van der Waals surface area (Å²) in [5.41, 5.74) is 10.5. The standard InChI is InChI=1S/C17H26N4O/c1-6-12(2)11-15-13(3)19-9-7-16(15)21(5)17(18)8-10-20-14(4)22/h7-11,17H,6,18H2,1-5H3,(H,20,22)/b10-8-,12-11+. The van der Waals surface area contributed by atoms with Gasteiger partial charge in [0, 0.05) is 43.3 Å². The number of amides is 1. The second-order valence-corrected chi connectivity index (χ2v) is 5.33. The maximum atomic E-state index is 10.9. The smallest absolute Gasteiger partial charge is 0.220 e. The molecule has 0 fully saturated rings. The number of nitrogens with two attached hydrogens (primary N) is 1. The van der Waals surface area contributed by atoms with E-state index in [-0.39, 0.29) is 12.1 Å². The van der Waals surface area contributed by atoms with Crippen LogP contribution in [0.2, 0.25) is 0 Å². The Labute approximate surface area is 132 Å². The number of allylic oxidation sites excluding steroid dienone is 1. The molecule has 22 heavy (non-hydrogen) atoms. The molecule has 1 heterocycles. The molecule has 1 amide bonds. The highest BCUT2D eigenvalue weighted by atomic mass is 16.1. The molecule has 0 aromatic carbocycles. The highest BCUT2D eigenvalue weighted by Crippen LogP contribution is 2.25. The van der Waals surface area contributed by atoms with Crippen molar-refractivity contribution in [2.24, 2.45) is 5.73 Å². The molecule has 3 N–H and O–H groups in total. The number of hydrogen-bond donors (Lipinski definition) is 2. The average molecular weight is 302 g/mol. The van der Waals surface area contributed by atoms with Gasteiger partial charge < -0.3 is 16.0 Å². The fraction of sp³-hybridized carbons (Fsp3) is 0.412. The number of pyridine rings is 1. The van der Waals surface area contributed by atoms with Crippen LogP contribution >= 0.6 is 0 Å². The first-order valence-corrected chi connectivity index (χ1v) is 7.41. The molecular weight excluding hydrogens is 276 g/mol. The summed E-state index contributed by atoms with van der Waals surface area (Å²) in [4.78, 5) is 17.2. The molecule has 5 nitrogen and oxygen atoms in total. The number of anilines is 1. The third kappa shape index (κ3) is 5.00. The minimum absolute atomic E-state index is 0.118. The van der Waals surface area contributed by atoms with Gasteiger partial charge in [-0.05, 0) is 32.4 Å². The SMILES string of the molecule is CC/C(C)=C/c1c(N(C)C(N)/C=C\NC(C)=O)ccnc1C. The molecule has 120 valence electrons. The Morgan fingerprint density at radius 1 is 1.50 bits per heavy atom. The van der Waals surface area contributed by atoms with Crippen LogP contribution in [-0.4, -0.2) is 24.1 Å². The van der Waals surface area contributed by atoms with Gasteiger partial charge >= 0.3 is 0 Å². The number of aromatic nitrogens is 1. The second kappa shape index (κ2) is 8.34. The number of hydrogen-bond acceptors (Lipinski definition) is 4. The molecule has 1 aromatic rings. The molecule has 0 aliphatic rings. The van der Waals surface area contributed by atoms with Gasteiger partial charge in [-0.15, -0.1) is 0 Å². The maximum absolute atomic E-state index is 10.9. The first kappa shape index (κ1) is 17.9. The monoisotopic (exact) mass is 302 g/mol. The van der Waals surface area contributed by atoms with E-state index in [0.717, 1.165) is 23.4 Å². The maximum Gasteiger partial charge on any atom is 0.220 e. The molecule has 0 bridgehead atoms. The zero-order chi connectivity index (χ0) is 16.7. The summed E-state index contributed by atoms with van der Waals surface area (Å²) in [6.07, 6.45) is 7.90. The van der Waals surface area contributed by atoms with Crippen molar-refractivity contribution in [3.05, 3.63) is 41.4 Å². The van der Waals surface area contributed by atoms with Crippen LogP contribution < -0.4 is 16.0 Å². The second-order valence-electron chi connectivity index (χ2n) is 5.33. The molecule has 5 heteroatoms. The van der Waals surface area contributed by atoms with Gasteiger partial charge in [0.25, 0.3) is 0 Å². The van der Waals surface area contributed by atoms with Crippen LogP contribution in [0.1, 0.15) is 38.4 Å². The number of nitrogens with zero attached hydrogens (tertiary/aromatic N) is 2. The van der Waals surface area contributed by atoms with Crippen molar-refractivity contribution in [3.8, 4) is 0 Å². The summed E-state index contributed by atoms with van der Waals surface area (Å²) in [6, 6.07) is 1.95. The molecule has 0 radical (unpaired) electrons. The minimum atomic E-state index is -0.345. The van der Waals surface area contributed by atoms with Crippen LogP contribution in [0.25, 0.3) is 6.08 Å². The molecule has 0 saturated heterocycles. The third-order valence-electron chi connectivity index (χ3n) is 3.52. The molecular formula is C17H26N4O. The van der Waals surface area contributed by atoms with Crippen molar-refractivity contribution in [2.75, 3.05) is 11.9 Å². The van der Waals surface area contributed by atoms with Crippen molar-refractivity contribution < 1.29 is 4.79 Å². The summed E-state index contributed by atoms with van der Waals surface area (Å²) in [5, 5.41) is 2.60. The average Bonchev–Trinajstić information content (AvgIpc) is 2.47. The molecule has 1 aromatic heterocycles. The lowest BCUT2D eigenvalue weighted by atomic mass is 10.1. The Bertz CT molecular complexity index is 578. The predicted molar refractivity (Wildman–Crippen MR) is 92.3 cm³/mol. The number of aryl methyl sites for hydroxylation is 1. The molecule has 0 aliphatic carbocycles. The normalized spacial score (nSPS) is 13.3. The van der Waals surface area contributed by atoms with E-state index in [1.165, 1.54) is 12.5 Å². The Balaban J connectivity index is 3.07.